The van der Waals surface area contributed by atoms with Gasteiger partial charge in [0.1, 0.15) is 0 Å². The zero-order chi connectivity index (χ0) is 22.1. The van der Waals surface area contributed by atoms with Gasteiger partial charge in [0.25, 0.3) is 5.91 Å². The maximum absolute atomic E-state index is 11.8. The Morgan fingerprint density at radius 2 is 1.53 bits per heavy atom. The number of carbonyl (C=O) groups is 1. The first-order valence-corrected chi connectivity index (χ1v) is 11.3. The van der Waals surface area contributed by atoms with Crippen molar-refractivity contribution in [2.24, 2.45) is 11.7 Å². The van der Waals surface area contributed by atoms with Crippen LogP contribution in [0.25, 0.3) is 11.3 Å². The van der Waals surface area contributed by atoms with Gasteiger partial charge in [0.2, 0.25) is 5.82 Å². The second-order valence-electron chi connectivity index (χ2n) is 10.9. The molecule has 1 aliphatic rings. The second kappa shape index (κ2) is 8.49. The standard InChI is InChI=1S/C26H37N3O/c1-25(2,3)20-13-18(14-21(15-20)26(4,5)6)22-19(12-17-10-8-7-9-11-17)16-28-24(29-22)23(27)30/h13-17H,7-12H2,1-6H3,(H2,27,30). The summed E-state index contributed by atoms with van der Waals surface area (Å²) in [7, 11) is 0. The molecule has 1 heterocycles. The Bertz CT molecular complexity index is 881. The van der Waals surface area contributed by atoms with Crippen LogP contribution < -0.4 is 5.73 Å². The zero-order valence-electron chi connectivity index (χ0n) is 19.5. The van der Waals surface area contributed by atoms with Crippen LogP contribution in [0.1, 0.15) is 101 Å². The van der Waals surface area contributed by atoms with Gasteiger partial charge in [0, 0.05) is 11.8 Å². The molecule has 4 heteroatoms. The zero-order valence-corrected chi connectivity index (χ0v) is 19.5. The van der Waals surface area contributed by atoms with E-state index < -0.39 is 5.91 Å². The van der Waals surface area contributed by atoms with Crippen LogP contribution in [-0.2, 0) is 17.3 Å². The predicted octanol–water partition coefficient (Wildman–Crippen LogP) is 5.96. The molecule has 0 radical (unpaired) electrons. The first-order chi connectivity index (χ1) is 13.9. The van der Waals surface area contributed by atoms with Gasteiger partial charge in [-0.3, -0.25) is 4.79 Å². The monoisotopic (exact) mass is 407 g/mol. The van der Waals surface area contributed by atoms with Gasteiger partial charge in [0.05, 0.1) is 5.69 Å². The predicted molar refractivity (Wildman–Crippen MR) is 124 cm³/mol. The van der Waals surface area contributed by atoms with E-state index in [2.05, 4.69) is 69.7 Å². The topological polar surface area (TPSA) is 68.9 Å². The second-order valence-corrected chi connectivity index (χ2v) is 10.9. The smallest absolute Gasteiger partial charge is 0.286 e. The van der Waals surface area contributed by atoms with E-state index in [4.69, 9.17) is 5.73 Å². The maximum atomic E-state index is 11.8. The van der Waals surface area contributed by atoms with Crippen LogP contribution in [0.2, 0.25) is 0 Å². The van der Waals surface area contributed by atoms with Gasteiger partial charge in [-0.25, -0.2) is 9.97 Å². The number of aromatic nitrogens is 2. The normalized spacial score (nSPS) is 15.9. The summed E-state index contributed by atoms with van der Waals surface area (Å²) in [6.45, 7) is 13.4. The number of amides is 1. The highest BCUT2D eigenvalue weighted by atomic mass is 16.1. The summed E-state index contributed by atoms with van der Waals surface area (Å²) in [6.07, 6.45) is 9.24. The van der Waals surface area contributed by atoms with E-state index in [0.29, 0.717) is 5.92 Å². The third-order valence-electron chi connectivity index (χ3n) is 6.26. The number of hydrogen-bond acceptors (Lipinski definition) is 3. The highest BCUT2D eigenvalue weighted by Gasteiger charge is 2.24. The Balaban J connectivity index is 2.16. The molecule has 3 rings (SSSR count). The molecule has 30 heavy (non-hydrogen) atoms. The Hall–Kier alpha value is -2.23. The summed E-state index contributed by atoms with van der Waals surface area (Å²) in [5.41, 5.74) is 11.1. The molecule has 0 unspecified atom stereocenters. The van der Waals surface area contributed by atoms with Crippen molar-refractivity contribution >= 4 is 5.91 Å². The van der Waals surface area contributed by atoms with Crippen molar-refractivity contribution in [2.45, 2.75) is 90.9 Å². The lowest BCUT2D eigenvalue weighted by atomic mass is 9.78. The molecule has 1 aromatic heterocycles. The summed E-state index contributed by atoms with van der Waals surface area (Å²) in [5, 5.41) is 0. The van der Waals surface area contributed by atoms with Crippen molar-refractivity contribution in [2.75, 3.05) is 0 Å². The summed E-state index contributed by atoms with van der Waals surface area (Å²) in [5.74, 6) is 0.174. The van der Waals surface area contributed by atoms with Crippen LogP contribution in [0.3, 0.4) is 0 Å². The lowest BCUT2D eigenvalue weighted by molar-refractivity contribution is 0.0990. The van der Waals surface area contributed by atoms with Crippen LogP contribution in [-0.4, -0.2) is 15.9 Å². The molecule has 4 nitrogen and oxygen atoms in total. The molecular weight excluding hydrogens is 370 g/mol. The van der Waals surface area contributed by atoms with Crippen LogP contribution >= 0.6 is 0 Å². The van der Waals surface area contributed by atoms with E-state index in [9.17, 15) is 4.79 Å². The van der Waals surface area contributed by atoms with Crippen LogP contribution in [0.15, 0.2) is 24.4 Å². The average molecular weight is 408 g/mol. The Morgan fingerprint density at radius 3 is 2.03 bits per heavy atom. The fourth-order valence-corrected chi connectivity index (χ4v) is 4.26. The molecule has 1 amide bonds. The molecule has 2 N–H and O–H groups in total. The Morgan fingerprint density at radius 1 is 0.967 bits per heavy atom. The van der Waals surface area contributed by atoms with Gasteiger partial charge in [0.15, 0.2) is 0 Å². The number of rotatable bonds is 4. The van der Waals surface area contributed by atoms with E-state index in [1.54, 1.807) is 0 Å². The number of nitrogens with zero attached hydrogens (tertiary/aromatic N) is 2. The molecule has 1 aliphatic carbocycles. The molecule has 0 spiro atoms. The van der Waals surface area contributed by atoms with Crippen LogP contribution in [0, 0.1) is 5.92 Å². The first-order valence-electron chi connectivity index (χ1n) is 11.3. The first kappa shape index (κ1) is 22.5. The van der Waals surface area contributed by atoms with Crippen molar-refractivity contribution < 1.29 is 4.79 Å². The summed E-state index contributed by atoms with van der Waals surface area (Å²) >= 11 is 0. The quantitative estimate of drug-likeness (QED) is 0.680. The summed E-state index contributed by atoms with van der Waals surface area (Å²) in [4.78, 5) is 20.8. The fourth-order valence-electron chi connectivity index (χ4n) is 4.26. The molecule has 162 valence electrons. The van der Waals surface area contributed by atoms with Crippen molar-refractivity contribution in [1.82, 2.24) is 9.97 Å². The third kappa shape index (κ3) is 5.27. The van der Waals surface area contributed by atoms with Gasteiger partial charge in [-0.15, -0.1) is 0 Å². The van der Waals surface area contributed by atoms with Gasteiger partial charge >= 0.3 is 0 Å². The number of primary amides is 1. The van der Waals surface area contributed by atoms with Crippen LogP contribution in [0.5, 0.6) is 0 Å². The van der Waals surface area contributed by atoms with Gasteiger partial charge in [-0.2, -0.15) is 0 Å². The molecule has 0 bridgehead atoms. The van der Waals surface area contributed by atoms with Crippen molar-refractivity contribution in [3.63, 3.8) is 0 Å². The van der Waals surface area contributed by atoms with E-state index >= 15 is 0 Å². The Kier molecular flexibility index (Phi) is 6.35. The van der Waals surface area contributed by atoms with Crippen molar-refractivity contribution in [3.8, 4) is 11.3 Å². The van der Waals surface area contributed by atoms with E-state index in [0.717, 1.165) is 23.2 Å². The third-order valence-corrected chi connectivity index (χ3v) is 6.26. The highest BCUT2D eigenvalue weighted by molar-refractivity contribution is 5.89. The van der Waals surface area contributed by atoms with Gasteiger partial charge in [-0.1, -0.05) is 79.7 Å². The molecule has 2 aromatic rings. The largest absolute Gasteiger partial charge is 0.363 e. The average Bonchev–Trinajstić information content (AvgIpc) is 2.67. The fraction of sp³-hybridized carbons (Fsp3) is 0.577. The molecule has 1 saturated carbocycles. The lowest BCUT2D eigenvalue weighted by Crippen LogP contribution is -2.19. The van der Waals surface area contributed by atoms with Gasteiger partial charge < -0.3 is 5.73 Å². The van der Waals surface area contributed by atoms with E-state index in [1.807, 2.05) is 6.20 Å². The van der Waals surface area contributed by atoms with E-state index in [-0.39, 0.29) is 16.7 Å². The number of benzene rings is 1. The molecular formula is C26H37N3O. The molecule has 1 aromatic carbocycles. The van der Waals surface area contributed by atoms with Crippen molar-refractivity contribution in [3.05, 3.63) is 46.9 Å². The van der Waals surface area contributed by atoms with E-state index in [1.165, 1.54) is 43.2 Å². The number of carbonyl (C=O) groups excluding carboxylic acids is 1. The minimum atomic E-state index is -0.580. The molecule has 0 saturated heterocycles. The maximum Gasteiger partial charge on any atom is 0.286 e. The molecule has 1 fully saturated rings. The van der Waals surface area contributed by atoms with Gasteiger partial charge in [-0.05, 0) is 52.0 Å². The SMILES string of the molecule is CC(C)(C)c1cc(-c2nc(C(N)=O)ncc2CC2CCCCC2)cc(C(C)(C)C)c1. The molecule has 0 atom stereocenters. The summed E-state index contributed by atoms with van der Waals surface area (Å²) in [6, 6.07) is 6.76. The minimum absolute atomic E-state index is 0.0130. The van der Waals surface area contributed by atoms with Crippen LogP contribution in [0.4, 0.5) is 0 Å². The molecule has 0 aliphatic heterocycles. The number of hydrogen-bond donors (Lipinski definition) is 1. The number of nitrogens with two attached hydrogens (primary N) is 1. The van der Waals surface area contributed by atoms with Crippen molar-refractivity contribution in [1.29, 1.82) is 0 Å². The minimum Gasteiger partial charge on any atom is -0.363 e. The highest BCUT2D eigenvalue weighted by Crippen LogP contribution is 2.36. The summed E-state index contributed by atoms with van der Waals surface area (Å²) < 4.78 is 0. The lowest BCUT2D eigenvalue weighted by Gasteiger charge is -2.27. The Labute approximate surface area is 181 Å².